The average molecular weight is 306 g/mol. The van der Waals surface area contributed by atoms with Gasteiger partial charge in [-0.2, -0.15) is 0 Å². The molecular weight excluding hydrogens is 290 g/mol. The Morgan fingerprint density at radius 1 is 1.20 bits per heavy atom. The van der Waals surface area contributed by atoms with Gasteiger partial charge < -0.3 is 5.32 Å². The van der Waals surface area contributed by atoms with Crippen LogP contribution in [0.5, 0.6) is 0 Å². The molecule has 1 N–H and O–H groups in total. The minimum Gasteiger partial charge on any atom is -0.346 e. The zero-order valence-corrected chi connectivity index (χ0v) is 13.0. The lowest BCUT2D eigenvalue weighted by Crippen LogP contribution is -2.26. The van der Waals surface area contributed by atoms with Gasteiger partial charge in [0.2, 0.25) is 0 Å². The molecule has 0 bridgehead atoms. The summed E-state index contributed by atoms with van der Waals surface area (Å²) in [4.78, 5) is 13.3. The highest BCUT2D eigenvalue weighted by Crippen LogP contribution is 2.19. The van der Waals surface area contributed by atoms with Crippen LogP contribution in [0.4, 0.5) is 0 Å². The van der Waals surface area contributed by atoms with E-state index in [2.05, 4.69) is 5.32 Å². The molecule has 104 valence electrons. The number of halogens is 1. The summed E-state index contributed by atoms with van der Waals surface area (Å²) in [5.41, 5.74) is 1.66. The van der Waals surface area contributed by atoms with E-state index in [9.17, 15) is 4.79 Å². The molecule has 0 fully saturated rings. The molecule has 0 aliphatic carbocycles. The third-order valence-electron chi connectivity index (χ3n) is 3.05. The smallest absolute Gasteiger partial charge is 0.251 e. The van der Waals surface area contributed by atoms with Crippen LogP contribution in [0.15, 0.2) is 53.4 Å². The molecular formula is C16H16ClNOS. The number of amides is 1. The first-order valence-electron chi connectivity index (χ1n) is 6.30. The van der Waals surface area contributed by atoms with Gasteiger partial charge in [-0.3, -0.25) is 4.79 Å². The summed E-state index contributed by atoms with van der Waals surface area (Å²) < 4.78 is 0. The maximum absolute atomic E-state index is 12.2. The molecule has 0 heterocycles. The minimum atomic E-state index is -0.0820. The van der Waals surface area contributed by atoms with Crippen LogP contribution in [0, 0.1) is 0 Å². The number of rotatable bonds is 4. The number of nitrogens with one attached hydrogen (secondary N) is 1. The van der Waals surface area contributed by atoms with Gasteiger partial charge in [-0.25, -0.2) is 0 Å². The van der Waals surface area contributed by atoms with E-state index in [1.54, 1.807) is 11.8 Å². The third-order valence-corrected chi connectivity index (χ3v) is 4.03. The number of thioether (sulfide) groups is 1. The molecule has 0 aliphatic heterocycles. The first kappa shape index (κ1) is 14.9. The highest BCUT2D eigenvalue weighted by atomic mass is 35.5. The third kappa shape index (κ3) is 3.78. The van der Waals surface area contributed by atoms with Crippen molar-refractivity contribution in [2.45, 2.75) is 17.9 Å². The second-order valence-corrected chi connectivity index (χ2v) is 5.79. The topological polar surface area (TPSA) is 29.1 Å². The predicted octanol–water partition coefficient (Wildman–Crippen LogP) is 4.55. The fourth-order valence-electron chi connectivity index (χ4n) is 1.88. The van der Waals surface area contributed by atoms with E-state index in [1.165, 1.54) is 0 Å². The standard InChI is InChI=1S/C16H16ClNOS/c1-11(13-4-3-5-14(17)10-13)18-16(19)12-6-8-15(20-2)9-7-12/h3-11H,1-2H3,(H,18,19). The first-order valence-corrected chi connectivity index (χ1v) is 7.91. The van der Waals surface area contributed by atoms with E-state index < -0.39 is 0 Å². The second-order valence-electron chi connectivity index (χ2n) is 4.48. The van der Waals surface area contributed by atoms with E-state index in [0.717, 1.165) is 10.5 Å². The van der Waals surface area contributed by atoms with Crippen LogP contribution in [-0.2, 0) is 0 Å². The van der Waals surface area contributed by atoms with Crippen molar-refractivity contribution >= 4 is 29.3 Å². The molecule has 0 aromatic heterocycles. The van der Waals surface area contributed by atoms with Gasteiger partial charge in [0.15, 0.2) is 0 Å². The Morgan fingerprint density at radius 3 is 2.50 bits per heavy atom. The first-order chi connectivity index (χ1) is 9.60. The molecule has 0 radical (unpaired) electrons. The summed E-state index contributed by atoms with van der Waals surface area (Å²) >= 11 is 7.62. The number of hydrogen-bond acceptors (Lipinski definition) is 2. The maximum atomic E-state index is 12.2. The van der Waals surface area contributed by atoms with Crippen molar-refractivity contribution in [3.63, 3.8) is 0 Å². The Kier molecular flexibility index (Phi) is 5.10. The van der Waals surface area contributed by atoms with Crippen molar-refractivity contribution < 1.29 is 4.79 Å². The quantitative estimate of drug-likeness (QED) is 0.839. The summed E-state index contributed by atoms with van der Waals surface area (Å²) in [5.74, 6) is -0.0786. The summed E-state index contributed by atoms with van der Waals surface area (Å²) in [5, 5.41) is 3.65. The van der Waals surface area contributed by atoms with E-state index in [0.29, 0.717) is 10.6 Å². The SMILES string of the molecule is CSc1ccc(C(=O)NC(C)c2cccc(Cl)c2)cc1. The lowest BCUT2D eigenvalue weighted by Gasteiger charge is -2.14. The number of carbonyl (C=O) groups excluding carboxylic acids is 1. The minimum absolute atomic E-state index is 0.0786. The largest absolute Gasteiger partial charge is 0.346 e. The van der Waals surface area contributed by atoms with E-state index in [1.807, 2.05) is 61.7 Å². The van der Waals surface area contributed by atoms with Gasteiger partial charge in [-0.1, -0.05) is 23.7 Å². The van der Waals surface area contributed by atoms with Gasteiger partial charge in [-0.15, -0.1) is 11.8 Å². The van der Waals surface area contributed by atoms with Crippen LogP contribution in [0.1, 0.15) is 28.9 Å². The molecule has 0 spiro atoms. The van der Waals surface area contributed by atoms with Gasteiger partial charge >= 0.3 is 0 Å². The average Bonchev–Trinajstić information content (AvgIpc) is 2.47. The Bertz CT molecular complexity index is 598. The van der Waals surface area contributed by atoms with Crippen molar-refractivity contribution in [3.05, 3.63) is 64.7 Å². The highest BCUT2D eigenvalue weighted by molar-refractivity contribution is 7.98. The van der Waals surface area contributed by atoms with Gasteiger partial charge in [0.25, 0.3) is 5.91 Å². The molecule has 1 atom stereocenters. The van der Waals surface area contributed by atoms with E-state index >= 15 is 0 Å². The van der Waals surface area contributed by atoms with Crippen LogP contribution < -0.4 is 5.32 Å². The van der Waals surface area contributed by atoms with Gasteiger partial charge in [0.05, 0.1) is 6.04 Å². The molecule has 2 aromatic carbocycles. The molecule has 1 amide bonds. The lowest BCUT2D eigenvalue weighted by molar-refractivity contribution is 0.0940. The van der Waals surface area contributed by atoms with Crippen molar-refractivity contribution in [1.82, 2.24) is 5.32 Å². The molecule has 20 heavy (non-hydrogen) atoms. The Balaban J connectivity index is 2.06. The van der Waals surface area contributed by atoms with Crippen LogP contribution in [0.3, 0.4) is 0 Å². The van der Waals surface area contributed by atoms with Crippen molar-refractivity contribution in [2.24, 2.45) is 0 Å². The van der Waals surface area contributed by atoms with Crippen LogP contribution in [0.2, 0.25) is 5.02 Å². The Labute approximate surface area is 128 Å². The zero-order valence-electron chi connectivity index (χ0n) is 11.4. The Morgan fingerprint density at radius 2 is 1.90 bits per heavy atom. The summed E-state index contributed by atoms with van der Waals surface area (Å²) in [6.45, 7) is 1.94. The molecule has 1 unspecified atom stereocenters. The molecule has 0 saturated carbocycles. The normalized spacial score (nSPS) is 11.9. The summed E-state index contributed by atoms with van der Waals surface area (Å²) in [6, 6.07) is 15.0. The summed E-state index contributed by atoms with van der Waals surface area (Å²) in [7, 11) is 0. The van der Waals surface area contributed by atoms with Crippen LogP contribution >= 0.6 is 23.4 Å². The number of benzene rings is 2. The van der Waals surface area contributed by atoms with Crippen LogP contribution in [-0.4, -0.2) is 12.2 Å². The highest BCUT2D eigenvalue weighted by Gasteiger charge is 2.11. The fraction of sp³-hybridized carbons (Fsp3) is 0.188. The van der Waals surface area contributed by atoms with Gasteiger partial charge in [0, 0.05) is 15.5 Å². The lowest BCUT2D eigenvalue weighted by atomic mass is 10.1. The number of carbonyl (C=O) groups is 1. The number of hydrogen-bond donors (Lipinski definition) is 1. The van der Waals surface area contributed by atoms with E-state index in [4.69, 9.17) is 11.6 Å². The second kappa shape index (κ2) is 6.82. The molecule has 2 aromatic rings. The van der Waals surface area contributed by atoms with Crippen LogP contribution in [0.25, 0.3) is 0 Å². The molecule has 0 saturated heterocycles. The zero-order chi connectivity index (χ0) is 14.5. The van der Waals surface area contributed by atoms with Gasteiger partial charge in [0.1, 0.15) is 0 Å². The Hall–Kier alpha value is -1.45. The fourth-order valence-corrected chi connectivity index (χ4v) is 2.49. The van der Waals surface area contributed by atoms with Crippen molar-refractivity contribution in [3.8, 4) is 0 Å². The molecule has 4 heteroatoms. The monoisotopic (exact) mass is 305 g/mol. The molecule has 0 aliphatic rings. The van der Waals surface area contributed by atoms with Gasteiger partial charge in [-0.05, 0) is 55.1 Å². The predicted molar refractivity (Wildman–Crippen MR) is 85.6 cm³/mol. The maximum Gasteiger partial charge on any atom is 0.251 e. The van der Waals surface area contributed by atoms with Crippen molar-refractivity contribution in [1.29, 1.82) is 0 Å². The van der Waals surface area contributed by atoms with Crippen molar-refractivity contribution in [2.75, 3.05) is 6.26 Å². The molecule has 2 nitrogen and oxygen atoms in total. The van der Waals surface area contributed by atoms with E-state index in [-0.39, 0.29) is 11.9 Å². The molecule has 2 rings (SSSR count). The summed E-state index contributed by atoms with van der Waals surface area (Å²) in [6.07, 6.45) is 2.01.